The SMILES string of the molecule is COC(=O)N[C@H](C(=O)Cl)C(C)C. The minimum atomic E-state index is -0.681. The van der Waals surface area contributed by atoms with Crippen molar-refractivity contribution in [3.8, 4) is 0 Å². The van der Waals surface area contributed by atoms with Gasteiger partial charge in [0.05, 0.1) is 7.11 Å². The monoisotopic (exact) mass is 193 g/mol. The first-order valence-corrected chi connectivity index (χ1v) is 3.90. The number of alkyl carbamates (subject to hydrolysis) is 1. The van der Waals surface area contributed by atoms with Crippen LogP contribution in [0.5, 0.6) is 0 Å². The Morgan fingerprint density at radius 2 is 1.92 bits per heavy atom. The van der Waals surface area contributed by atoms with Gasteiger partial charge in [-0.25, -0.2) is 4.79 Å². The molecule has 0 aliphatic carbocycles. The molecule has 0 aromatic carbocycles. The minimum absolute atomic E-state index is 0.0471. The lowest BCUT2D eigenvalue weighted by Crippen LogP contribution is -2.42. The van der Waals surface area contributed by atoms with Crippen molar-refractivity contribution >= 4 is 22.9 Å². The van der Waals surface area contributed by atoms with Crippen molar-refractivity contribution in [2.75, 3.05) is 7.11 Å². The Hall–Kier alpha value is -0.770. The van der Waals surface area contributed by atoms with Crippen LogP contribution < -0.4 is 5.32 Å². The first-order valence-electron chi connectivity index (χ1n) is 3.52. The molecular weight excluding hydrogens is 182 g/mol. The smallest absolute Gasteiger partial charge is 0.407 e. The summed E-state index contributed by atoms with van der Waals surface area (Å²) < 4.78 is 4.32. The molecule has 12 heavy (non-hydrogen) atoms. The average Bonchev–Trinajstić information content (AvgIpc) is 1.98. The van der Waals surface area contributed by atoms with Crippen LogP contribution in [0.2, 0.25) is 0 Å². The zero-order valence-corrected chi connectivity index (χ0v) is 8.01. The van der Waals surface area contributed by atoms with Gasteiger partial charge in [0.2, 0.25) is 5.24 Å². The van der Waals surface area contributed by atoms with Crippen molar-refractivity contribution in [3.63, 3.8) is 0 Å². The van der Waals surface area contributed by atoms with E-state index in [4.69, 9.17) is 11.6 Å². The third kappa shape index (κ3) is 3.57. The van der Waals surface area contributed by atoms with Gasteiger partial charge in [-0.05, 0) is 17.5 Å². The van der Waals surface area contributed by atoms with Crippen LogP contribution in [-0.4, -0.2) is 24.5 Å². The Morgan fingerprint density at radius 1 is 1.42 bits per heavy atom. The van der Waals surface area contributed by atoms with Crippen molar-refractivity contribution < 1.29 is 14.3 Å². The maximum absolute atomic E-state index is 10.7. The van der Waals surface area contributed by atoms with E-state index in [0.29, 0.717) is 0 Å². The van der Waals surface area contributed by atoms with Crippen LogP contribution in [0.15, 0.2) is 0 Å². The van der Waals surface area contributed by atoms with E-state index in [-0.39, 0.29) is 5.92 Å². The molecule has 0 aliphatic heterocycles. The van der Waals surface area contributed by atoms with Gasteiger partial charge >= 0.3 is 6.09 Å². The highest BCUT2D eigenvalue weighted by atomic mass is 35.5. The van der Waals surface area contributed by atoms with Crippen molar-refractivity contribution in [3.05, 3.63) is 0 Å². The fourth-order valence-electron chi connectivity index (χ4n) is 0.671. The minimum Gasteiger partial charge on any atom is -0.453 e. The standard InChI is InChI=1S/C7H12ClNO3/c1-4(2)5(6(8)10)9-7(11)12-3/h4-5H,1-3H3,(H,9,11)/t5-/m0/s1. The normalized spacial score (nSPS) is 12.4. The second-order valence-electron chi connectivity index (χ2n) is 2.66. The molecule has 5 heteroatoms. The molecule has 1 atom stereocenters. The van der Waals surface area contributed by atoms with Crippen LogP contribution in [0.25, 0.3) is 0 Å². The van der Waals surface area contributed by atoms with Gasteiger partial charge < -0.3 is 10.1 Å². The molecule has 0 radical (unpaired) electrons. The van der Waals surface area contributed by atoms with Gasteiger partial charge in [0.15, 0.2) is 0 Å². The van der Waals surface area contributed by atoms with Gasteiger partial charge in [-0.15, -0.1) is 0 Å². The van der Waals surface area contributed by atoms with Crippen molar-refractivity contribution in [2.45, 2.75) is 19.9 Å². The van der Waals surface area contributed by atoms with Crippen LogP contribution in [-0.2, 0) is 9.53 Å². The van der Waals surface area contributed by atoms with Crippen molar-refractivity contribution in [1.29, 1.82) is 0 Å². The lowest BCUT2D eigenvalue weighted by atomic mass is 10.1. The van der Waals surface area contributed by atoms with Crippen LogP contribution in [0.1, 0.15) is 13.8 Å². The molecule has 0 unspecified atom stereocenters. The number of amides is 1. The molecule has 4 nitrogen and oxygen atoms in total. The Bertz CT molecular complexity index is 181. The Morgan fingerprint density at radius 3 is 2.17 bits per heavy atom. The number of nitrogens with one attached hydrogen (secondary N) is 1. The molecule has 0 fully saturated rings. The maximum atomic E-state index is 10.7. The number of methoxy groups -OCH3 is 1. The Balaban J connectivity index is 4.14. The predicted octanol–water partition coefficient (Wildman–Crippen LogP) is 1.13. The summed E-state index contributed by atoms with van der Waals surface area (Å²) in [6.07, 6.45) is -0.650. The second kappa shape index (κ2) is 4.98. The molecule has 0 aromatic heterocycles. The molecule has 0 aromatic rings. The molecule has 1 amide bonds. The summed E-state index contributed by atoms with van der Waals surface area (Å²) in [7, 11) is 1.23. The first-order chi connectivity index (χ1) is 5.49. The maximum Gasteiger partial charge on any atom is 0.407 e. The van der Waals surface area contributed by atoms with Gasteiger partial charge in [0.1, 0.15) is 6.04 Å². The largest absolute Gasteiger partial charge is 0.453 e. The fourth-order valence-corrected chi connectivity index (χ4v) is 0.978. The number of ether oxygens (including phenoxy) is 1. The van der Waals surface area contributed by atoms with E-state index in [2.05, 4.69) is 10.1 Å². The van der Waals surface area contributed by atoms with E-state index >= 15 is 0 Å². The van der Waals surface area contributed by atoms with E-state index in [1.54, 1.807) is 13.8 Å². The highest BCUT2D eigenvalue weighted by Crippen LogP contribution is 2.05. The van der Waals surface area contributed by atoms with Crippen LogP contribution in [0.4, 0.5) is 4.79 Å². The molecule has 0 bridgehead atoms. The van der Waals surface area contributed by atoms with Gasteiger partial charge in [-0.2, -0.15) is 0 Å². The number of hydrogen-bond acceptors (Lipinski definition) is 3. The van der Waals surface area contributed by atoms with Crippen LogP contribution in [0, 0.1) is 5.92 Å². The number of carbonyl (C=O) groups is 2. The molecule has 1 N–H and O–H groups in total. The topological polar surface area (TPSA) is 55.4 Å². The number of halogens is 1. The molecule has 70 valence electrons. The second-order valence-corrected chi connectivity index (χ2v) is 3.03. The van der Waals surface area contributed by atoms with Gasteiger partial charge in [0.25, 0.3) is 0 Å². The van der Waals surface area contributed by atoms with E-state index in [9.17, 15) is 9.59 Å². The molecule has 0 heterocycles. The molecular formula is C7H12ClNO3. The number of carbonyl (C=O) groups excluding carboxylic acids is 2. The average molecular weight is 194 g/mol. The summed E-state index contributed by atoms with van der Waals surface area (Å²) in [6.45, 7) is 3.56. The summed E-state index contributed by atoms with van der Waals surface area (Å²) in [6, 6.07) is -0.681. The molecule has 0 saturated heterocycles. The fraction of sp³-hybridized carbons (Fsp3) is 0.714. The van der Waals surface area contributed by atoms with E-state index < -0.39 is 17.4 Å². The predicted molar refractivity (Wildman–Crippen MR) is 45.0 cm³/mol. The summed E-state index contributed by atoms with van der Waals surface area (Å²) in [4.78, 5) is 21.4. The van der Waals surface area contributed by atoms with E-state index in [1.165, 1.54) is 7.11 Å². The van der Waals surface area contributed by atoms with E-state index in [0.717, 1.165) is 0 Å². The summed E-state index contributed by atoms with van der Waals surface area (Å²) in [5, 5.41) is 1.74. The van der Waals surface area contributed by atoms with Gasteiger partial charge in [0, 0.05) is 0 Å². The van der Waals surface area contributed by atoms with Crippen molar-refractivity contribution in [2.24, 2.45) is 5.92 Å². The summed E-state index contributed by atoms with van der Waals surface area (Å²) >= 11 is 5.23. The lowest BCUT2D eigenvalue weighted by Gasteiger charge is -2.16. The third-order valence-corrected chi connectivity index (χ3v) is 1.61. The zero-order valence-electron chi connectivity index (χ0n) is 7.26. The molecule has 0 aliphatic rings. The highest BCUT2D eigenvalue weighted by Gasteiger charge is 2.22. The Kier molecular flexibility index (Phi) is 4.66. The number of hydrogen-bond donors (Lipinski definition) is 1. The van der Waals surface area contributed by atoms with Crippen molar-refractivity contribution in [1.82, 2.24) is 5.32 Å². The zero-order chi connectivity index (χ0) is 9.72. The first kappa shape index (κ1) is 11.2. The molecule has 0 spiro atoms. The summed E-state index contributed by atoms with van der Waals surface area (Å²) in [5.74, 6) is -0.0471. The van der Waals surface area contributed by atoms with E-state index in [1.807, 2.05) is 0 Å². The van der Waals surface area contributed by atoms with Gasteiger partial charge in [-0.1, -0.05) is 13.8 Å². The van der Waals surface area contributed by atoms with Crippen LogP contribution in [0.3, 0.4) is 0 Å². The highest BCUT2D eigenvalue weighted by molar-refractivity contribution is 6.64. The lowest BCUT2D eigenvalue weighted by molar-refractivity contribution is -0.114. The summed E-state index contributed by atoms with van der Waals surface area (Å²) in [5.41, 5.74) is 0. The third-order valence-electron chi connectivity index (χ3n) is 1.37. The van der Waals surface area contributed by atoms with Gasteiger partial charge in [-0.3, -0.25) is 4.79 Å². The Labute approximate surface area is 76.2 Å². The number of rotatable bonds is 3. The van der Waals surface area contributed by atoms with Crippen LogP contribution >= 0.6 is 11.6 Å². The quantitative estimate of drug-likeness (QED) is 0.684. The molecule has 0 saturated carbocycles. The molecule has 0 rings (SSSR count).